The topological polar surface area (TPSA) is 81.0 Å². The van der Waals surface area contributed by atoms with Crippen LogP contribution in [-0.2, 0) is 0 Å². The Labute approximate surface area is 56.6 Å². The molecule has 0 bridgehead atoms. The van der Waals surface area contributed by atoms with Crippen molar-refractivity contribution in [3.8, 4) is 0 Å². The van der Waals surface area contributed by atoms with E-state index < -0.39 is 6.23 Å². The number of aliphatic hydroxyl groups is 1. The Morgan fingerprint density at radius 2 is 1.33 bits per heavy atom. The maximum atomic E-state index is 7.83. The summed E-state index contributed by atoms with van der Waals surface area (Å²) in [4.78, 5) is 2.00. The van der Waals surface area contributed by atoms with Crippen molar-refractivity contribution in [2.45, 2.75) is 13.2 Å². The van der Waals surface area contributed by atoms with Crippen LogP contribution in [0.5, 0.6) is 0 Å². The Kier molecular flexibility index (Phi) is 19.0. The first-order valence-corrected chi connectivity index (χ1v) is 2.51. The quantitative estimate of drug-likeness (QED) is 0.405. The molecule has 0 rings (SSSR count). The van der Waals surface area contributed by atoms with Gasteiger partial charge in [0.2, 0.25) is 0 Å². The number of nitrogens with zero attached hydrogens (tertiary/aromatic N) is 1. The van der Waals surface area contributed by atoms with Crippen LogP contribution in [0.15, 0.2) is 0 Å². The molecule has 0 aliphatic carbocycles. The zero-order valence-corrected chi connectivity index (χ0v) is 6.55. The Morgan fingerprint density at radius 3 is 1.33 bits per heavy atom. The fourth-order valence-electron chi connectivity index (χ4n) is 0. The average molecular weight is 138 g/mol. The summed E-state index contributed by atoms with van der Waals surface area (Å²) < 4.78 is 0. The molecule has 4 nitrogen and oxygen atoms in total. The van der Waals surface area contributed by atoms with Gasteiger partial charge in [0, 0.05) is 0 Å². The molecule has 0 saturated heterocycles. The molecule has 0 fully saturated rings. The SMILES string of the molecule is CC(N)O.CN(C)C.O. The molecule has 0 aliphatic rings. The normalized spacial score (nSPS) is 11.0. The lowest BCUT2D eigenvalue weighted by Gasteiger charge is -1.90. The van der Waals surface area contributed by atoms with Crippen molar-refractivity contribution in [1.82, 2.24) is 4.90 Å². The molecular weight excluding hydrogens is 120 g/mol. The third kappa shape index (κ3) is 10400. The molecule has 0 amide bonds. The maximum Gasteiger partial charge on any atom is 0.0991 e. The van der Waals surface area contributed by atoms with Gasteiger partial charge in [-0.05, 0) is 28.1 Å². The van der Waals surface area contributed by atoms with Gasteiger partial charge in [0.05, 0.1) is 6.23 Å². The molecule has 60 valence electrons. The van der Waals surface area contributed by atoms with Gasteiger partial charge < -0.3 is 21.2 Å². The van der Waals surface area contributed by atoms with Crippen LogP contribution >= 0.6 is 0 Å². The minimum atomic E-state index is -0.667. The first-order chi connectivity index (χ1) is 3.46. The van der Waals surface area contributed by atoms with Crippen LogP contribution in [0.3, 0.4) is 0 Å². The molecule has 0 aromatic carbocycles. The highest BCUT2D eigenvalue weighted by Crippen LogP contribution is 1.50. The maximum absolute atomic E-state index is 7.83. The molecule has 1 atom stereocenters. The van der Waals surface area contributed by atoms with Crippen LogP contribution in [-0.4, -0.2) is 42.9 Å². The van der Waals surface area contributed by atoms with Gasteiger partial charge in [-0.1, -0.05) is 0 Å². The minimum Gasteiger partial charge on any atom is -0.412 e. The molecule has 0 radical (unpaired) electrons. The Hall–Kier alpha value is -0.160. The van der Waals surface area contributed by atoms with E-state index in [-0.39, 0.29) is 5.48 Å². The lowest BCUT2D eigenvalue weighted by atomic mass is 10.7. The second-order valence-electron chi connectivity index (χ2n) is 2.08. The molecule has 0 aromatic rings. The number of hydrogen-bond acceptors (Lipinski definition) is 3. The van der Waals surface area contributed by atoms with Gasteiger partial charge in [0.25, 0.3) is 0 Å². The van der Waals surface area contributed by atoms with Crippen molar-refractivity contribution in [2.24, 2.45) is 5.73 Å². The van der Waals surface area contributed by atoms with Crippen LogP contribution < -0.4 is 5.73 Å². The molecular formula is C5H18N2O2. The van der Waals surface area contributed by atoms with Gasteiger partial charge in [-0.2, -0.15) is 0 Å². The highest BCUT2D eigenvalue weighted by atomic mass is 16.3. The minimum absolute atomic E-state index is 0. The summed E-state index contributed by atoms with van der Waals surface area (Å²) in [6.45, 7) is 1.50. The fraction of sp³-hybridized carbons (Fsp3) is 1.00. The fourth-order valence-corrected chi connectivity index (χ4v) is 0. The highest BCUT2D eigenvalue weighted by molar-refractivity contribution is 4.16. The molecule has 0 spiro atoms. The lowest BCUT2D eigenvalue weighted by Crippen LogP contribution is -2.11. The number of nitrogens with two attached hydrogens (primary N) is 1. The van der Waals surface area contributed by atoms with Crippen molar-refractivity contribution in [3.05, 3.63) is 0 Å². The lowest BCUT2D eigenvalue weighted by molar-refractivity contribution is 0.203. The third-order valence-corrected chi connectivity index (χ3v) is 0. The summed E-state index contributed by atoms with van der Waals surface area (Å²) in [5.74, 6) is 0. The summed E-state index contributed by atoms with van der Waals surface area (Å²) in [7, 11) is 6.00. The zero-order chi connectivity index (χ0) is 7.15. The van der Waals surface area contributed by atoms with E-state index in [2.05, 4.69) is 5.73 Å². The molecule has 4 heteroatoms. The van der Waals surface area contributed by atoms with Gasteiger partial charge in [0.1, 0.15) is 0 Å². The zero-order valence-electron chi connectivity index (χ0n) is 6.55. The van der Waals surface area contributed by atoms with Crippen LogP contribution in [0.25, 0.3) is 0 Å². The number of aliphatic hydroxyl groups excluding tert-OH is 1. The monoisotopic (exact) mass is 138 g/mol. The van der Waals surface area contributed by atoms with E-state index in [9.17, 15) is 0 Å². The summed E-state index contributed by atoms with van der Waals surface area (Å²) in [6.07, 6.45) is -0.667. The molecule has 0 heterocycles. The Balaban J connectivity index is -0.0000000720. The van der Waals surface area contributed by atoms with E-state index in [1.807, 2.05) is 26.0 Å². The molecule has 0 aliphatic heterocycles. The van der Waals surface area contributed by atoms with E-state index in [0.717, 1.165) is 0 Å². The second kappa shape index (κ2) is 10.8. The Bertz CT molecular complexity index is 28.4. The van der Waals surface area contributed by atoms with Gasteiger partial charge >= 0.3 is 0 Å². The first kappa shape index (κ1) is 15.9. The summed E-state index contributed by atoms with van der Waals surface area (Å²) in [5.41, 5.74) is 4.67. The molecule has 1 unspecified atom stereocenters. The summed E-state index contributed by atoms with van der Waals surface area (Å²) in [6, 6.07) is 0. The van der Waals surface area contributed by atoms with E-state index in [1.165, 1.54) is 6.92 Å². The Morgan fingerprint density at radius 1 is 1.33 bits per heavy atom. The predicted molar refractivity (Wildman–Crippen MR) is 39.1 cm³/mol. The van der Waals surface area contributed by atoms with E-state index in [1.54, 1.807) is 0 Å². The standard InChI is InChI=1S/C3H9N.C2H7NO.H2O/c1-4(2)3;1-2(3)4;/h1-3H3;2,4H,3H2,1H3;1H2. The van der Waals surface area contributed by atoms with Crippen molar-refractivity contribution >= 4 is 0 Å². The summed E-state index contributed by atoms with van der Waals surface area (Å²) in [5, 5.41) is 7.83. The van der Waals surface area contributed by atoms with Crippen LogP contribution in [0.2, 0.25) is 0 Å². The first-order valence-electron chi connectivity index (χ1n) is 2.51. The van der Waals surface area contributed by atoms with Gasteiger partial charge in [-0.3, -0.25) is 0 Å². The van der Waals surface area contributed by atoms with E-state index in [0.29, 0.717) is 0 Å². The molecule has 0 aromatic heterocycles. The molecule has 5 N–H and O–H groups in total. The van der Waals surface area contributed by atoms with Crippen molar-refractivity contribution in [2.75, 3.05) is 21.1 Å². The van der Waals surface area contributed by atoms with Crippen LogP contribution in [0.4, 0.5) is 0 Å². The smallest absolute Gasteiger partial charge is 0.0991 e. The number of hydrogen-bond donors (Lipinski definition) is 2. The third-order valence-electron chi connectivity index (χ3n) is 0. The van der Waals surface area contributed by atoms with Gasteiger partial charge in [-0.25, -0.2) is 0 Å². The highest BCUT2D eigenvalue weighted by Gasteiger charge is 1.68. The predicted octanol–water partition coefficient (Wildman–Crippen LogP) is -1.36. The second-order valence-corrected chi connectivity index (χ2v) is 2.08. The summed E-state index contributed by atoms with van der Waals surface area (Å²) >= 11 is 0. The van der Waals surface area contributed by atoms with Gasteiger partial charge in [0.15, 0.2) is 0 Å². The van der Waals surface area contributed by atoms with Crippen molar-refractivity contribution in [1.29, 1.82) is 0 Å². The van der Waals surface area contributed by atoms with Gasteiger partial charge in [-0.15, -0.1) is 0 Å². The van der Waals surface area contributed by atoms with Crippen LogP contribution in [0.1, 0.15) is 6.92 Å². The average Bonchev–Trinajstić information content (AvgIpc) is 1.25. The van der Waals surface area contributed by atoms with E-state index in [4.69, 9.17) is 5.11 Å². The number of rotatable bonds is 0. The molecule has 9 heavy (non-hydrogen) atoms. The molecule has 0 saturated carbocycles. The largest absolute Gasteiger partial charge is 0.412 e. The van der Waals surface area contributed by atoms with Crippen molar-refractivity contribution in [3.63, 3.8) is 0 Å². The van der Waals surface area contributed by atoms with Crippen LogP contribution in [0, 0.1) is 0 Å². The van der Waals surface area contributed by atoms with E-state index >= 15 is 0 Å². The van der Waals surface area contributed by atoms with Crippen molar-refractivity contribution < 1.29 is 10.6 Å².